The quantitative estimate of drug-likeness (QED) is 0.774. The van der Waals surface area contributed by atoms with Crippen LogP contribution in [0.5, 0.6) is 0 Å². The normalized spacial score (nSPS) is 16.0. The van der Waals surface area contributed by atoms with Crippen LogP contribution in [0.1, 0.15) is 0 Å². The lowest BCUT2D eigenvalue weighted by Crippen LogP contribution is -2.49. The van der Waals surface area contributed by atoms with Crippen LogP contribution < -0.4 is 4.90 Å². The maximum atomic E-state index is 12.1. The van der Waals surface area contributed by atoms with Crippen molar-refractivity contribution in [2.75, 3.05) is 31.1 Å². The first-order valence-corrected chi connectivity index (χ1v) is 6.64. The molecule has 0 aliphatic carbocycles. The van der Waals surface area contributed by atoms with Gasteiger partial charge in [-0.15, -0.1) is 11.3 Å². The van der Waals surface area contributed by atoms with E-state index in [1.165, 1.54) is 10.9 Å². The summed E-state index contributed by atoms with van der Waals surface area (Å²) in [4.78, 5) is 24.3. The van der Waals surface area contributed by atoms with Crippen LogP contribution in [0, 0.1) is 0 Å². The van der Waals surface area contributed by atoms with Gasteiger partial charge in [-0.25, -0.2) is 14.8 Å². The van der Waals surface area contributed by atoms with Gasteiger partial charge < -0.3 is 9.80 Å². The van der Waals surface area contributed by atoms with Crippen LogP contribution in [-0.2, 0) is 0 Å². The molecule has 2 aromatic rings. The van der Waals surface area contributed by atoms with Gasteiger partial charge in [0.2, 0.25) is 0 Å². The highest BCUT2D eigenvalue weighted by molar-refractivity contribution is 7.13. The van der Waals surface area contributed by atoms with Crippen molar-refractivity contribution in [2.45, 2.75) is 0 Å². The molecule has 18 heavy (non-hydrogen) atoms. The Balaban J connectivity index is 1.62. The van der Waals surface area contributed by atoms with Crippen molar-refractivity contribution in [3.05, 3.63) is 30.3 Å². The second-order valence-corrected chi connectivity index (χ2v) is 4.91. The molecule has 0 unspecified atom stereocenters. The first-order chi connectivity index (χ1) is 8.84. The fourth-order valence-electron chi connectivity index (χ4n) is 2.00. The molecule has 0 radical (unpaired) electrons. The van der Waals surface area contributed by atoms with Crippen LogP contribution in [0.15, 0.2) is 30.3 Å². The van der Waals surface area contributed by atoms with Crippen LogP contribution >= 0.6 is 11.3 Å². The molecule has 7 heteroatoms. The molecule has 1 amide bonds. The molecule has 1 fully saturated rings. The molecule has 3 rings (SSSR count). The number of thiazole rings is 1. The Morgan fingerprint density at radius 2 is 2.06 bits per heavy atom. The second-order valence-electron chi connectivity index (χ2n) is 4.04. The third kappa shape index (κ3) is 2.08. The molecule has 0 atom stereocenters. The van der Waals surface area contributed by atoms with Crippen molar-refractivity contribution >= 4 is 22.5 Å². The van der Waals surface area contributed by atoms with E-state index in [1.807, 2.05) is 16.5 Å². The number of nitrogens with zero attached hydrogens (tertiary/aromatic N) is 5. The molecule has 1 aliphatic heterocycles. The van der Waals surface area contributed by atoms with Crippen LogP contribution in [0.3, 0.4) is 0 Å². The minimum Gasteiger partial charge on any atom is -0.345 e. The maximum Gasteiger partial charge on any atom is 0.329 e. The first-order valence-electron chi connectivity index (χ1n) is 5.76. The maximum absolute atomic E-state index is 12.1. The lowest BCUT2D eigenvalue weighted by molar-refractivity contribution is 0.196. The molecule has 0 N–H and O–H groups in total. The molecule has 0 saturated carbocycles. The Morgan fingerprint density at radius 3 is 2.67 bits per heavy atom. The van der Waals surface area contributed by atoms with E-state index in [0.717, 1.165) is 31.3 Å². The lowest BCUT2D eigenvalue weighted by atomic mass is 10.3. The van der Waals surface area contributed by atoms with Gasteiger partial charge in [-0.3, -0.25) is 4.57 Å². The number of piperazine rings is 1. The predicted molar refractivity (Wildman–Crippen MR) is 68.9 cm³/mol. The van der Waals surface area contributed by atoms with Crippen LogP contribution in [-0.4, -0.2) is 51.6 Å². The van der Waals surface area contributed by atoms with Gasteiger partial charge in [-0.2, -0.15) is 0 Å². The zero-order chi connectivity index (χ0) is 12.4. The minimum absolute atomic E-state index is 0.00807. The van der Waals surface area contributed by atoms with Gasteiger partial charge in [-0.05, 0) is 0 Å². The summed E-state index contributed by atoms with van der Waals surface area (Å²) in [5.74, 6) is 0. The van der Waals surface area contributed by atoms with Gasteiger partial charge in [0.1, 0.15) is 6.33 Å². The summed E-state index contributed by atoms with van der Waals surface area (Å²) in [5.41, 5.74) is 0. The zero-order valence-electron chi connectivity index (χ0n) is 9.77. The molecular weight excluding hydrogens is 250 g/mol. The summed E-state index contributed by atoms with van der Waals surface area (Å²) in [6.07, 6.45) is 6.64. The van der Waals surface area contributed by atoms with Crippen LogP contribution in [0.2, 0.25) is 0 Å². The number of hydrogen-bond acceptors (Lipinski definition) is 5. The van der Waals surface area contributed by atoms with Gasteiger partial charge in [0.05, 0.1) is 0 Å². The zero-order valence-corrected chi connectivity index (χ0v) is 10.6. The van der Waals surface area contributed by atoms with E-state index in [1.54, 1.807) is 23.7 Å². The summed E-state index contributed by atoms with van der Waals surface area (Å²) in [6, 6.07) is -0.00807. The van der Waals surface area contributed by atoms with Gasteiger partial charge in [0.15, 0.2) is 5.13 Å². The highest BCUT2D eigenvalue weighted by atomic mass is 32.1. The third-order valence-corrected chi connectivity index (χ3v) is 3.80. The molecule has 94 valence electrons. The average molecular weight is 263 g/mol. The summed E-state index contributed by atoms with van der Waals surface area (Å²) in [5, 5.41) is 3.00. The monoisotopic (exact) mass is 263 g/mol. The van der Waals surface area contributed by atoms with E-state index < -0.39 is 0 Å². The largest absolute Gasteiger partial charge is 0.345 e. The van der Waals surface area contributed by atoms with E-state index in [4.69, 9.17) is 0 Å². The fourth-order valence-corrected chi connectivity index (χ4v) is 2.69. The molecule has 2 aromatic heterocycles. The Hall–Kier alpha value is -1.89. The number of carbonyl (C=O) groups is 1. The van der Waals surface area contributed by atoms with Gasteiger partial charge in [-0.1, -0.05) is 0 Å². The summed E-state index contributed by atoms with van der Waals surface area (Å²) in [6.45, 7) is 3.09. The number of hydrogen-bond donors (Lipinski definition) is 0. The van der Waals surface area contributed by atoms with Crippen molar-refractivity contribution in [1.82, 2.24) is 19.4 Å². The molecule has 0 aromatic carbocycles. The van der Waals surface area contributed by atoms with E-state index >= 15 is 0 Å². The highest BCUT2D eigenvalue weighted by Gasteiger charge is 2.22. The molecule has 3 heterocycles. The SMILES string of the molecule is O=C(N1CCN(c2nccs2)CC1)n1ccnc1. The van der Waals surface area contributed by atoms with Crippen molar-refractivity contribution in [1.29, 1.82) is 0 Å². The van der Waals surface area contributed by atoms with Gasteiger partial charge >= 0.3 is 6.03 Å². The van der Waals surface area contributed by atoms with Crippen LogP contribution in [0.4, 0.5) is 9.93 Å². The van der Waals surface area contributed by atoms with Crippen molar-refractivity contribution in [3.8, 4) is 0 Å². The van der Waals surface area contributed by atoms with E-state index in [2.05, 4.69) is 14.9 Å². The van der Waals surface area contributed by atoms with E-state index in [9.17, 15) is 4.79 Å². The summed E-state index contributed by atoms with van der Waals surface area (Å²) in [7, 11) is 0. The van der Waals surface area contributed by atoms with Crippen molar-refractivity contribution < 1.29 is 4.79 Å². The predicted octanol–water partition coefficient (Wildman–Crippen LogP) is 1.13. The number of rotatable bonds is 1. The number of imidazole rings is 1. The second kappa shape index (κ2) is 4.77. The first kappa shape index (κ1) is 11.2. The smallest absolute Gasteiger partial charge is 0.329 e. The topological polar surface area (TPSA) is 54.3 Å². The lowest BCUT2D eigenvalue weighted by Gasteiger charge is -2.34. The molecule has 1 saturated heterocycles. The fraction of sp³-hybridized carbons (Fsp3) is 0.364. The van der Waals surface area contributed by atoms with Gasteiger partial charge in [0.25, 0.3) is 0 Å². The summed E-state index contributed by atoms with van der Waals surface area (Å²) < 4.78 is 1.51. The Bertz CT molecular complexity index is 502. The van der Waals surface area contributed by atoms with Crippen LogP contribution in [0.25, 0.3) is 0 Å². The van der Waals surface area contributed by atoms with Crippen molar-refractivity contribution in [2.24, 2.45) is 0 Å². The molecular formula is C11H13N5OS. The number of anilines is 1. The molecule has 6 nitrogen and oxygen atoms in total. The van der Waals surface area contributed by atoms with E-state index in [-0.39, 0.29) is 6.03 Å². The standard InChI is InChI=1S/C11H13N5OS/c17-11(16-3-1-12-9-16)15-6-4-14(5-7-15)10-13-2-8-18-10/h1-3,8-9H,4-7H2. The van der Waals surface area contributed by atoms with Gasteiger partial charge in [0, 0.05) is 50.1 Å². The molecule has 0 spiro atoms. The Labute approximate surface area is 108 Å². The number of aromatic nitrogens is 3. The molecule has 0 bridgehead atoms. The third-order valence-electron chi connectivity index (χ3n) is 2.97. The van der Waals surface area contributed by atoms with E-state index in [0.29, 0.717) is 0 Å². The number of amides is 1. The highest BCUT2D eigenvalue weighted by Crippen LogP contribution is 2.19. The Morgan fingerprint density at radius 1 is 1.22 bits per heavy atom. The Kier molecular flexibility index (Phi) is 2.97. The molecule has 1 aliphatic rings. The summed E-state index contributed by atoms with van der Waals surface area (Å²) >= 11 is 1.63. The minimum atomic E-state index is -0.00807. The number of carbonyl (C=O) groups excluding carboxylic acids is 1. The average Bonchev–Trinajstić information content (AvgIpc) is 3.11. The van der Waals surface area contributed by atoms with Crippen molar-refractivity contribution in [3.63, 3.8) is 0 Å².